The molecule has 0 aromatic heterocycles. The van der Waals surface area contributed by atoms with Crippen molar-refractivity contribution in [1.82, 2.24) is 9.80 Å². The fourth-order valence-corrected chi connectivity index (χ4v) is 17.7. The molecule has 4 heteroatoms. The van der Waals surface area contributed by atoms with E-state index in [1.807, 2.05) is 0 Å². The molecule has 4 atom stereocenters. The Morgan fingerprint density at radius 3 is 1.45 bits per heavy atom. The Hall–Kier alpha value is 0.459. The molecule has 0 spiro atoms. The van der Waals surface area contributed by atoms with E-state index in [4.69, 9.17) is 0 Å². The maximum atomic E-state index is 2.47. The van der Waals surface area contributed by atoms with E-state index in [2.05, 4.69) is 88.3 Å². The van der Waals surface area contributed by atoms with Crippen molar-refractivity contribution in [3.8, 4) is 0 Å². The van der Waals surface area contributed by atoms with Gasteiger partial charge in [-0.2, -0.15) is 0 Å². The molecule has 22 heavy (non-hydrogen) atoms. The monoisotopic (exact) mass is 532 g/mol. The third kappa shape index (κ3) is 4.51. The van der Waals surface area contributed by atoms with Crippen molar-refractivity contribution in [2.45, 2.75) is 33.9 Å². The van der Waals surface area contributed by atoms with Gasteiger partial charge in [0.15, 0.2) is 0 Å². The molecule has 0 bridgehead atoms. The zero-order chi connectivity index (χ0) is 16.3. The summed E-state index contributed by atoms with van der Waals surface area (Å²) >= 11 is 0.148. The Bertz CT molecular complexity index is 457. The van der Waals surface area contributed by atoms with Gasteiger partial charge < -0.3 is 0 Å². The number of likely N-dealkylation sites (N-methyl/N-ethyl adjacent to an activating group) is 2. The Balaban J connectivity index is 1.93. The van der Waals surface area contributed by atoms with E-state index in [1.165, 1.54) is 0 Å². The second kappa shape index (κ2) is 8.53. The summed E-state index contributed by atoms with van der Waals surface area (Å²) in [6.07, 6.45) is 14.3. The van der Waals surface area contributed by atoms with Crippen molar-refractivity contribution in [1.29, 1.82) is 0 Å². The SMILES string of the molecule is C[C@H](C1=CC=CC1[Te][Te]C1C=CC=C1[C@@H](C)N(C)C)N(C)C. The van der Waals surface area contributed by atoms with E-state index in [-0.39, 0.29) is 34.1 Å². The number of hydrogen-bond acceptors (Lipinski definition) is 2. The summed E-state index contributed by atoms with van der Waals surface area (Å²) < 4.78 is 1.60. The van der Waals surface area contributed by atoms with Crippen LogP contribution in [0.1, 0.15) is 13.8 Å². The van der Waals surface area contributed by atoms with Crippen molar-refractivity contribution in [2.24, 2.45) is 0 Å². The Morgan fingerprint density at radius 2 is 1.14 bits per heavy atom. The van der Waals surface area contributed by atoms with Gasteiger partial charge in [0.1, 0.15) is 0 Å². The van der Waals surface area contributed by atoms with Gasteiger partial charge in [-0.3, -0.25) is 0 Å². The van der Waals surface area contributed by atoms with E-state index >= 15 is 0 Å². The molecule has 0 aliphatic heterocycles. The van der Waals surface area contributed by atoms with Crippen molar-refractivity contribution in [3.63, 3.8) is 0 Å². The Morgan fingerprint density at radius 1 is 0.773 bits per heavy atom. The minimum absolute atomic E-state index is 0.0742. The first kappa shape index (κ1) is 18.8. The first-order valence-corrected chi connectivity index (χ1v) is 17.9. The molecule has 0 N–H and O–H groups in total. The summed E-state index contributed by atoms with van der Waals surface area (Å²) in [5, 5.41) is 0. The number of rotatable bonds is 7. The molecule has 0 saturated heterocycles. The predicted molar refractivity (Wildman–Crippen MR) is 99.8 cm³/mol. The third-order valence-electron chi connectivity index (χ3n) is 4.58. The van der Waals surface area contributed by atoms with Crippen LogP contribution in [0, 0.1) is 0 Å². The van der Waals surface area contributed by atoms with Gasteiger partial charge in [0.05, 0.1) is 0 Å². The molecule has 2 aliphatic rings. The molecule has 0 fully saturated rings. The fraction of sp³-hybridized carbons (Fsp3) is 0.556. The van der Waals surface area contributed by atoms with Crippen LogP contribution in [0.25, 0.3) is 0 Å². The van der Waals surface area contributed by atoms with Crippen LogP contribution in [0.3, 0.4) is 0 Å². The first-order chi connectivity index (χ1) is 10.4. The third-order valence-corrected chi connectivity index (χ3v) is 18.6. The number of hydrogen-bond donors (Lipinski definition) is 0. The number of nitrogens with zero attached hydrogens (tertiary/aromatic N) is 2. The van der Waals surface area contributed by atoms with Crippen LogP contribution in [0.5, 0.6) is 0 Å². The average Bonchev–Trinajstić information content (AvgIpc) is 3.11. The molecule has 0 aromatic carbocycles. The van der Waals surface area contributed by atoms with Crippen LogP contribution in [-0.2, 0) is 0 Å². The van der Waals surface area contributed by atoms with E-state index < -0.39 is 0 Å². The quantitative estimate of drug-likeness (QED) is 0.470. The molecular formula is C18H28N2Te2. The van der Waals surface area contributed by atoms with Crippen LogP contribution in [-0.4, -0.2) is 84.2 Å². The van der Waals surface area contributed by atoms with Crippen molar-refractivity contribution in [2.75, 3.05) is 28.2 Å². The standard InChI is InChI=1S/C18H28N2Te2/c1-13(19(3)4)15-9-7-11-17(15)21-22-18-12-8-10-16(18)14(2)20(5)6/h7-14,17-18H,1-6H3/t13-,14-,17?,18?/m1/s1. The van der Waals surface area contributed by atoms with Crippen LogP contribution in [0.15, 0.2) is 47.6 Å². The summed E-state index contributed by atoms with van der Waals surface area (Å²) in [7, 11) is 8.77. The molecule has 0 aromatic rings. The molecule has 122 valence electrons. The summed E-state index contributed by atoms with van der Waals surface area (Å²) in [6.45, 7) is 4.68. The topological polar surface area (TPSA) is 6.48 Å². The van der Waals surface area contributed by atoms with E-state index in [1.54, 1.807) is 11.1 Å². The average molecular weight is 528 g/mol. The van der Waals surface area contributed by atoms with Crippen molar-refractivity contribution >= 4 is 34.1 Å². The van der Waals surface area contributed by atoms with Crippen LogP contribution >= 0.6 is 0 Å². The summed E-state index contributed by atoms with van der Waals surface area (Å²) in [4.78, 5) is 4.68. The molecule has 2 nitrogen and oxygen atoms in total. The first-order valence-electron chi connectivity index (χ1n) is 7.83. The fourth-order valence-electron chi connectivity index (χ4n) is 2.59. The predicted octanol–water partition coefficient (Wildman–Crippen LogP) is 2.78. The molecule has 2 unspecified atom stereocenters. The Labute approximate surface area is 152 Å². The van der Waals surface area contributed by atoms with Crippen molar-refractivity contribution < 1.29 is 0 Å². The second-order valence-electron chi connectivity index (χ2n) is 6.42. The van der Waals surface area contributed by atoms with Gasteiger partial charge in [-0.15, -0.1) is 0 Å². The van der Waals surface area contributed by atoms with Crippen LogP contribution in [0.2, 0.25) is 7.93 Å². The van der Waals surface area contributed by atoms with Gasteiger partial charge in [-0.1, -0.05) is 0 Å². The molecule has 0 saturated carbocycles. The summed E-state index contributed by atoms with van der Waals surface area (Å²) in [6, 6.07) is 1.15. The van der Waals surface area contributed by atoms with Gasteiger partial charge in [0, 0.05) is 0 Å². The van der Waals surface area contributed by atoms with Gasteiger partial charge in [-0.25, -0.2) is 0 Å². The maximum absolute atomic E-state index is 2.47. The van der Waals surface area contributed by atoms with E-state index in [0.717, 1.165) is 7.93 Å². The second-order valence-corrected chi connectivity index (χ2v) is 17.8. The molecule has 0 heterocycles. The van der Waals surface area contributed by atoms with E-state index in [0.29, 0.717) is 12.1 Å². The van der Waals surface area contributed by atoms with E-state index in [9.17, 15) is 0 Å². The molecule has 0 amide bonds. The summed E-state index contributed by atoms with van der Waals surface area (Å²) in [5.41, 5.74) is 3.32. The normalized spacial score (nSPS) is 26.7. The molecule has 2 rings (SSSR count). The Kier molecular flexibility index (Phi) is 7.28. The van der Waals surface area contributed by atoms with Gasteiger partial charge >= 0.3 is 154 Å². The minimum atomic E-state index is 0.0742. The van der Waals surface area contributed by atoms with Crippen molar-refractivity contribution in [3.05, 3.63) is 47.6 Å². The number of allylic oxidation sites excluding steroid dienone is 6. The van der Waals surface area contributed by atoms with Crippen LogP contribution in [0.4, 0.5) is 0 Å². The van der Waals surface area contributed by atoms with Gasteiger partial charge in [0.2, 0.25) is 0 Å². The zero-order valence-corrected chi connectivity index (χ0v) is 19.1. The van der Waals surface area contributed by atoms with Crippen LogP contribution < -0.4 is 0 Å². The molecular weight excluding hydrogens is 499 g/mol. The molecule has 0 radical (unpaired) electrons. The zero-order valence-electron chi connectivity index (χ0n) is 14.5. The summed E-state index contributed by atoms with van der Waals surface area (Å²) in [5.74, 6) is 0. The van der Waals surface area contributed by atoms with Gasteiger partial charge in [0.25, 0.3) is 0 Å². The van der Waals surface area contributed by atoms with Gasteiger partial charge in [-0.05, 0) is 0 Å². The molecule has 2 aliphatic carbocycles.